The van der Waals surface area contributed by atoms with E-state index in [2.05, 4.69) is 28.3 Å². The van der Waals surface area contributed by atoms with Gasteiger partial charge in [0, 0.05) is 16.3 Å². The van der Waals surface area contributed by atoms with Crippen molar-refractivity contribution in [3.8, 4) is 0 Å². The minimum Gasteiger partial charge on any atom is -0.271 e. The maximum Gasteiger partial charge on any atom is 0.127 e. The molecule has 0 heterocycles. The molecule has 0 saturated heterocycles. The number of hydrogen-bond donors (Lipinski definition) is 2. The van der Waals surface area contributed by atoms with Gasteiger partial charge in [-0.2, -0.15) is 11.8 Å². The van der Waals surface area contributed by atoms with Crippen LogP contribution in [0.4, 0.5) is 4.39 Å². The number of halogens is 2. The molecular weight excluding hydrogens is 303 g/mol. The first kappa shape index (κ1) is 15.0. The summed E-state index contributed by atoms with van der Waals surface area (Å²) in [5, 5.41) is 0. The van der Waals surface area contributed by atoms with Crippen molar-refractivity contribution in [1.82, 2.24) is 5.43 Å². The highest BCUT2D eigenvalue weighted by molar-refractivity contribution is 9.10. The summed E-state index contributed by atoms with van der Waals surface area (Å²) in [6, 6.07) is 5.25. The van der Waals surface area contributed by atoms with Crippen molar-refractivity contribution in [1.29, 1.82) is 0 Å². The van der Waals surface area contributed by atoms with Crippen molar-refractivity contribution in [2.24, 2.45) is 5.84 Å². The minimum absolute atomic E-state index is 0.113. The van der Waals surface area contributed by atoms with E-state index in [1.165, 1.54) is 6.07 Å². The molecule has 0 aliphatic heterocycles. The van der Waals surface area contributed by atoms with E-state index in [-0.39, 0.29) is 11.9 Å². The molecule has 0 aliphatic rings. The van der Waals surface area contributed by atoms with Crippen molar-refractivity contribution >= 4 is 27.7 Å². The van der Waals surface area contributed by atoms with Crippen LogP contribution in [-0.2, 0) is 6.42 Å². The van der Waals surface area contributed by atoms with E-state index in [0.717, 1.165) is 22.4 Å². The Morgan fingerprint density at radius 1 is 1.53 bits per heavy atom. The van der Waals surface area contributed by atoms with Crippen LogP contribution in [0.5, 0.6) is 0 Å². The second-order valence-electron chi connectivity index (χ2n) is 3.88. The fraction of sp³-hybridized carbons (Fsp3) is 0.500. The Kier molecular flexibility index (Phi) is 7.11. The van der Waals surface area contributed by atoms with Crippen LogP contribution in [0.15, 0.2) is 22.7 Å². The van der Waals surface area contributed by atoms with Gasteiger partial charge >= 0.3 is 0 Å². The lowest BCUT2D eigenvalue weighted by molar-refractivity contribution is 0.546. The largest absolute Gasteiger partial charge is 0.271 e. The highest BCUT2D eigenvalue weighted by Crippen LogP contribution is 2.17. The van der Waals surface area contributed by atoms with Crippen molar-refractivity contribution in [3.63, 3.8) is 0 Å². The zero-order valence-electron chi connectivity index (χ0n) is 9.88. The first-order chi connectivity index (χ1) is 8.17. The molecule has 17 heavy (non-hydrogen) atoms. The van der Waals surface area contributed by atoms with Crippen LogP contribution in [0.25, 0.3) is 0 Å². The quantitative estimate of drug-likeness (QED) is 0.460. The fourth-order valence-corrected chi connectivity index (χ4v) is 2.78. The first-order valence-corrected chi connectivity index (χ1v) is 7.60. The molecule has 2 nitrogen and oxygen atoms in total. The van der Waals surface area contributed by atoms with Gasteiger partial charge in [-0.1, -0.05) is 28.9 Å². The van der Waals surface area contributed by atoms with Gasteiger partial charge in [0.05, 0.1) is 0 Å². The van der Waals surface area contributed by atoms with Crippen molar-refractivity contribution in [2.45, 2.75) is 25.8 Å². The normalized spacial score (nSPS) is 12.7. The predicted molar refractivity (Wildman–Crippen MR) is 76.5 cm³/mol. The van der Waals surface area contributed by atoms with Crippen LogP contribution in [0.2, 0.25) is 0 Å². The Morgan fingerprint density at radius 3 is 2.88 bits per heavy atom. The molecule has 0 saturated carbocycles. The van der Waals surface area contributed by atoms with E-state index in [1.807, 2.05) is 17.8 Å². The smallest absolute Gasteiger partial charge is 0.127 e. The lowest BCUT2D eigenvalue weighted by Gasteiger charge is -2.15. The second kappa shape index (κ2) is 8.08. The standard InChI is InChI=1S/C12H18BrFN2S/c1-2-5-17-8-11(16-15)6-9-3-4-10(13)7-12(9)14/h3-4,7,11,16H,2,5-6,8,15H2,1H3. The van der Waals surface area contributed by atoms with E-state index in [0.29, 0.717) is 12.0 Å². The molecule has 96 valence electrons. The van der Waals surface area contributed by atoms with Crippen LogP contribution in [0.1, 0.15) is 18.9 Å². The third kappa shape index (κ3) is 5.38. The molecule has 1 rings (SSSR count). The van der Waals surface area contributed by atoms with Gasteiger partial charge in [0.25, 0.3) is 0 Å². The summed E-state index contributed by atoms with van der Waals surface area (Å²) in [6.07, 6.45) is 1.76. The third-order valence-corrected chi connectivity index (χ3v) is 4.21. The molecule has 5 heteroatoms. The average Bonchev–Trinajstić information content (AvgIpc) is 2.31. The van der Waals surface area contributed by atoms with Gasteiger partial charge in [-0.05, 0) is 36.3 Å². The van der Waals surface area contributed by atoms with Crippen LogP contribution >= 0.6 is 27.7 Å². The van der Waals surface area contributed by atoms with Gasteiger partial charge in [-0.25, -0.2) is 4.39 Å². The van der Waals surface area contributed by atoms with E-state index < -0.39 is 0 Å². The topological polar surface area (TPSA) is 38.0 Å². The van der Waals surface area contributed by atoms with Gasteiger partial charge in [-0.15, -0.1) is 0 Å². The number of thioether (sulfide) groups is 1. The third-order valence-electron chi connectivity index (χ3n) is 2.38. The van der Waals surface area contributed by atoms with E-state index in [4.69, 9.17) is 5.84 Å². The van der Waals surface area contributed by atoms with E-state index >= 15 is 0 Å². The molecule has 1 unspecified atom stereocenters. The summed E-state index contributed by atoms with van der Waals surface area (Å²) >= 11 is 5.09. The maximum absolute atomic E-state index is 13.6. The van der Waals surface area contributed by atoms with E-state index in [1.54, 1.807) is 6.07 Å². The first-order valence-electron chi connectivity index (χ1n) is 5.65. The Hall–Kier alpha value is -0.100. The van der Waals surface area contributed by atoms with Crippen LogP contribution in [0, 0.1) is 5.82 Å². The lowest BCUT2D eigenvalue weighted by atomic mass is 10.1. The monoisotopic (exact) mass is 320 g/mol. The number of hydrazine groups is 1. The molecule has 1 aromatic rings. The molecule has 1 aromatic carbocycles. The van der Waals surface area contributed by atoms with Crippen LogP contribution in [-0.4, -0.2) is 17.5 Å². The van der Waals surface area contributed by atoms with Crippen LogP contribution in [0.3, 0.4) is 0 Å². The van der Waals surface area contributed by atoms with Gasteiger partial charge in [0.1, 0.15) is 5.82 Å². The molecule has 0 aliphatic carbocycles. The SMILES string of the molecule is CCCSCC(Cc1ccc(Br)cc1F)NN. The van der Waals surface area contributed by atoms with Gasteiger partial charge in [0.2, 0.25) is 0 Å². The van der Waals surface area contributed by atoms with Gasteiger partial charge in [-0.3, -0.25) is 11.3 Å². The Morgan fingerprint density at radius 2 is 2.29 bits per heavy atom. The van der Waals surface area contributed by atoms with Crippen molar-refractivity contribution in [2.75, 3.05) is 11.5 Å². The highest BCUT2D eigenvalue weighted by atomic mass is 79.9. The highest BCUT2D eigenvalue weighted by Gasteiger charge is 2.11. The average molecular weight is 321 g/mol. The van der Waals surface area contributed by atoms with Crippen molar-refractivity contribution in [3.05, 3.63) is 34.1 Å². The van der Waals surface area contributed by atoms with Crippen molar-refractivity contribution < 1.29 is 4.39 Å². The molecule has 1 atom stereocenters. The maximum atomic E-state index is 13.6. The number of hydrogen-bond acceptors (Lipinski definition) is 3. The molecule has 0 bridgehead atoms. The number of nitrogens with one attached hydrogen (secondary N) is 1. The molecule has 3 N–H and O–H groups in total. The molecule has 0 amide bonds. The second-order valence-corrected chi connectivity index (χ2v) is 5.94. The zero-order valence-corrected chi connectivity index (χ0v) is 12.3. The predicted octanol–water partition coefficient (Wildman–Crippen LogP) is 3.11. The minimum atomic E-state index is -0.180. The number of nitrogens with two attached hydrogens (primary N) is 1. The summed E-state index contributed by atoms with van der Waals surface area (Å²) in [5.74, 6) is 7.32. The van der Waals surface area contributed by atoms with E-state index in [9.17, 15) is 4.39 Å². The Bertz CT molecular complexity index is 349. The molecular formula is C12H18BrFN2S. The Labute approximate surface area is 115 Å². The van der Waals surface area contributed by atoms with Gasteiger partial charge in [0.15, 0.2) is 0 Å². The molecule has 0 aromatic heterocycles. The van der Waals surface area contributed by atoms with Gasteiger partial charge < -0.3 is 0 Å². The number of benzene rings is 1. The fourth-order valence-electron chi connectivity index (χ4n) is 1.49. The summed E-state index contributed by atoms with van der Waals surface area (Å²) < 4.78 is 14.4. The summed E-state index contributed by atoms with van der Waals surface area (Å²) in [4.78, 5) is 0. The molecule has 0 fully saturated rings. The summed E-state index contributed by atoms with van der Waals surface area (Å²) in [6.45, 7) is 2.15. The van der Waals surface area contributed by atoms with Crippen LogP contribution < -0.4 is 11.3 Å². The lowest BCUT2D eigenvalue weighted by Crippen LogP contribution is -2.39. The summed E-state index contributed by atoms with van der Waals surface area (Å²) in [7, 11) is 0. The number of rotatable bonds is 7. The molecule has 0 spiro atoms. The molecule has 0 radical (unpaired) electrons. The zero-order chi connectivity index (χ0) is 12.7. The summed E-state index contributed by atoms with van der Waals surface area (Å²) in [5.41, 5.74) is 3.45. The Balaban J connectivity index is 2.54.